The normalized spacial score (nSPS) is 12.4. The van der Waals surface area contributed by atoms with Crippen LogP contribution in [0.1, 0.15) is 8.35 Å². The van der Waals surface area contributed by atoms with E-state index in [0.29, 0.717) is 0 Å². The van der Waals surface area contributed by atoms with E-state index in [1.54, 1.807) is 6.92 Å². The van der Waals surface area contributed by atoms with E-state index in [9.17, 15) is 13.2 Å². The maximum Gasteiger partial charge on any atom is 1.00 e. The zero-order valence-corrected chi connectivity index (χ0v) is 11.2. The van der Waals surface area contributed by atoms with Crippen molar-refractivity contribution in [1.82, 2.24) is 0 Å². The first-order valence-electron chi connectivity index (χ1n) is 3.70. The summed E-state index contributed by atoms with van der Waals surface area (Å²) >= 11 is 0. The van der Waals surface area contributed by atoms with Crippen LogP contribution in [0.2, 0.25) is 0 Å². The van der Waals surface area contributed by atoms with Gasteiger partial charge in [0.2, 0.25) is 0 Å². The summed E-state index contributed by atoms with van der Waals surface area (Å²) in [7, 11) is -3.81. The second-order valence-corrected chi connectivity index (χ2v) is 4.29. The van der Waals surface area contributed by atoms with Crippen LogP contribution in [0.3, 0.4) is 0 Å². The van der Waals surface area contributed by atoms with E-state index in [1.165, 1.54) is 0 Å². The van der Waals surface area contributed by atoms with E-state index >= 15 is 0 Å². The van der Waals surface area contributed by atoms with Gasteiger partial charge in [0.25, 0.3) is 0 Å². The number of hydrogen-bond donors (Lipinski definition) is 1. The number of carbonyl (C=O) groups excluding carboxylic acids is 1. The van der Waals surface area contributed by atoms with Crippen molar-refractivity contribution in [2.45, 2.75) is 6.92 Å². The molecule has 0 aromatic rings. The van der Waals surface area contributed by atoms with Gasteiger partial charge in [-0.05, 0) is 12.5 Å². The van der Waals surface area contributed by atoms with Gasteiger partial charge < -0.3 is 11.3 Å². The van der Waals surface area contributed by atoms with Crippen LogP contribution in [0.4, 0.5) is 0 Å². The van der Waals surface area contributed by atoms with Crippen molar-refractivity contribution in [2.24, 2.45) is 11.7 Å². The maximum absolute atomic E-state index is 11.0. The van der Waals surface area contributed by atoms with Crippen molar-refractivity contribution >= 4 is 16.1 Å². The molecule has 1 atom stereocenters. The minimum absolute atomic E-state index is 0. The van der Waals surface area contributed by atoms with Gasteiger partial charge in [0.05, 0.1) is 5.75 Å². The third-order valence-corrected chi connectivity index (χ3v) is 2.66. The predicted molar refractivity (Wildman–Crippen MR) is 49.4 cm³/mol. The average molecular weight is 231 g/mol. The molecule has 2 N–H and O–H groups in total. The minimum Gasteiger partial charge on any atom is -1.00 e. The van der Waals surface area contributed by atoms with E-state index in [-0.39, 0.29) is 49.2 Å². The monoisotopic (exact) mass is 231 g/mol. The molecule has 0 aliphatic rings. The molecule has 0 bridgehead atoms. The van der Waals surface area contributed by atoms with Crippen LogP contribution in [-0.4, -0.2) is 26.7 Å². The molecule has 0 saturated carbocycles. The van der Waals surface area contributed by atoms with Gasteiger partial charge in [0.1, 0.15) is 0 Å². The second kappa shape index (κ2) is 7.42. The van der Waals surface area contributed by atoms with Gasteiger partial charge in [-0.25, -0.2) is 4.79 Å². The zero-order chi connectivity index (χ0) is 10.5. The molecule has 0 spiro atoms. The van der Waals surface area contributed by atoms with Crippen molar-refractivity contribution in [1.29, 1.82) is 0 Å². The molecule has 0 aliphatic heterocycles. The molecule has 0 aliphatic carbocycles. The summed E-state index contributed by atoms with van der Waals surface area (Å²) in [6, 6.07) is 0. The molecule has 0 aromatic carbocycles. The summed E-state index contributed by atoms with van der Waals surface area (Å²) in [4.78, 5) is 10.5. The fourth-order valence-electron chi connectivity index (χ4n) is 0.610. The van der Waals surface area contributed by atoms with Crippen LogP contribution in [-0.2, 0) is 19.1 Å². The van der Waals surface area contributed by atoms with Crippen LogP contribution in [0.15, 0.2) is 12.7 Å². The summed E-state index contributed by atoms with van der Waals surface area (Å²) in [5.41, 5.74) is 5.22. The smallest absolute Gasteiger partial charge is 1.00 e. The standard InChI is InChI=1S/C7H13NO4S.Na.H/c1-3-7(9)12-13(10,11)5-6(2)4-8;;/h3,6H,1,4-5,8H2,2H3;;/q;+1;-1. The van der Waals surface area contributed by atoms with Crippen molar-refractivity contribution in [2.75, 3.05) is 12.3 Å². The average Bonchev–Trinajstić information content (AvgIpc) is 2.02. The molecular formula is C7H14NNaO4S. The van der Waals surface area contributed by atoms with Crippen molar-refractivity contribution in [3.05, 3.63) is 12.7 Å². The Morgan fingerprint density at radius 1 is 1.71 bits per heavy atom. The summed E-state index contributed by atoms with van der Waals surface area (Å²) < 4.78 is 26.2. The van der Waals surface area contributed by atoms with Gasteiger partial charge in [0, 0.05) is 6.08 Å². The van der Waals surface area contributed by atoms with Crippen LogP contribution >= 0.6 is 0 Å². The Kier molecular flexibility index (Phi) is 8.77. The first kappa shape index (κ1) is 16.5. The van der Waals surface area contributed by atoms with Gasteiger partial charge in [-0.15, -0.1) is 0 Å². The van der Waals surface area contributed by atoms with E-state index in [2.05, 4.69) is 10.8 Å². The third-order valence-electron chi connectivity index (χ3n) is 1.27. The van der Waals surface area contributed by atoms with Crippen molar-refractivity contribution in [3.63, 3.8) is 0 Å². The fraction of sp³-hybridized carbons (Fsp3) is 0.571. The minimum atomic E-state index is -3.81. The Balaban J connectivity index is -0.000000720. The van der Waals surface area contributed by atoms with E-state index in [0.717, 1.165) is 6.08 Å². The van der Waals surface area contributed by atoms with Crippen molar-refractivity contribution in [3.8, 4) is 0 Å². The Hall–Kier alpha value is 0.120. The molecule has 0 amide bonds. The van der Waals surface area contributed by atoms with Crippen LogP contribution < -0.4 is 35.3 Å². The number of nitrogens with two attached hydrogens (primary N) is 1. The third kappa shape index (κ3) is 7.52. The Morgan fingerprint density at radius 3 is 2.57 bits per heavy atom. The SMILES string of the molecule is C=CC(=O)OS(=O)(=O)CC(C)CN.[H-].[Na+]. The summed E-state index contributed by atoms with van der Waals surface area (Å²) in [6.07, 6.45) is 0.796. The van der Waals surface area contributed by atoms with Gasteiger partial charge in [0.15, 0.2) is 0 Å². The summed E-state index contributed by atoms with van der Waals surface area (Å²) in [5, 5.41) is 0. The summed E-state index contributed by atoms with van der Waals surface area (Å²) in [5.74, 6) is -1.46. The molecule has 78 valence electrons. The fourth-order valence-corrected chi connectivity index (χ4v) is 1.83. The zero-order valence-electron chi connectivity index (χ0n) is 9.39. The maximum atomic E-state index is 11.0. The Bertz CT molecular complexity index is 293. The molecule has 5 nitrogen and oxygen atoms in total. The predicted octanol–water partition coefficient (Wildman–Crippen LogP) is -3.24. The molecule has 7 heteroatoms. The van der Waals surface area contributed by atoms with E-state index in [1.807, 2.05) is 0 Å². The van der Waals surface area contributed by atoms with Crippen molar-refractivity contribution < 1.29 is 48.4 Å². The first-order valence-corrected chi connectivity index (χ1v) is 5.27. The van der Waals surface area contributed by atoms with Crippen LogP contribution in [0, 0.1) is 5.92 Å². The summed E-state index contributed by atoms with van der Waals surface area (Å²) in [6.45, 7) is 4.96. The molecule has 0 rings (SSSR count). The second-order valence-electron chi connectivity index (χ2n) is 2.67. The topological polar surface area (TPSA) is 86.5 Å². The molecule has 14 heavy (non-hydrogen) atoms. The van der Waals surface area contributed by atoms with Gasteiger partial charge in [-0.2, -0.15) is 8.42 Å². The number of rotatable bonds is 5. The molecule has 0 saturated heterocycles. The van der Waals surface area contributed by atoms with Gasteiger partial charge >= 0.3 is 45.6 Å². The molecule has 1 unspecified atom stereocenters. The van der Waals surface area contributed by atoms with E-state index in [4.69, 9.17) is 5.73 Å². The van der Waals surface area contributed by atoms with E-state index < -0.39 is 16.1 Å². The van der Waals surface area contributed by atoms with Crippen LogP contribution in [0.5, 0.6) is 0 Å². The quantitative estimate of drug-likeness (QED) is 0.305. The molecule has 0 aromatic heterocycles. The molecular weight excluding hydrogens is 217 g/mol. The molecule has 0 heterocycles. The Labute approximate surface area is 108 Å². The van der Waals surface area contributed by atoms with Gasteiger partial charge in [-0.3, -0.25) is 0 Å². The molecule has 0 fully saturated rings. The first-order chi connectivity index (χ1) is 5.91. The molecule has 0 radical (unpaired) electrons. The Morgan fingerprint density at radius 2 is 2.21 bits per heavy atom. The number of hydrogen-bond acceptors (Lipinski definition) is 5. The van der Waals surface area contributed by atoms with Gasteiger partial charge in [-0.1, -0.05) is 13.5 Å². The number of carbonyl (C=O) groups is 1. The van der Waals surface area contributed by atoms with Crippen LogP contribution in [0.25, 0.3) is 0 Å². The largest absolute Gasteiger partial charge is 1.00 e.